The number of hydrogen-bond acceptors (Lipinski definition) is 5. The summed E-state index contributed by atoms with van der Waals surface area (Å²) in [6.07, 6.45) is 9.52. The largest absolute Gasteiger partial charge is 0.462 e. The fourth-order valence-electron chi connectivity index (χ4n) is 6.06. The SMILES string of the molecule is C[C@]12CCC[C@]3(CO3)[C@H]1C[C@@H]1[C@H](CNCc3cccnc3)C(=O)O[C@@H]1C2. The number of pyridine rings is 1. The molecule has 1 aromatic rings. The van der Waals surface area contributed by atoms with Crippen LogP contribution in [-0.4, -0.2) is 35.8 Å². The third-order valence-corrected chi connectivity index (χ3v) is 7.50. The van der Waals surface area contributed by atoms with Crippen LogP contribution in [0.3, 0.4) is 0 Å². The molecule has 5 heteroatoms. The zero-order valence-corrected chi connectivity index (χ0v) is 15.4. The molecule has 5 nitrogen and oxygen atoms in total. The van der Waals surface area contributed by atoms with Crippen LogP contribution in [0.4, 0.5) is 0 Å². The number of aromatic nitrogens is 1. The van der Waals surface area contributed by atoms with E-state index in [9.17, 15) is 4.79 Å². The predicted molar refractivity (Wildman–Crippen MR) is 96.2 cm³/mol. The van der Waals surface area contributed by atoms with Gasteiger partial charge in [0.15, 0.2) is 0 Å². The van der Waals surface area contributed by atoms with Gasteiger partial charge in [0.05, 0.1) is 18.1 Å². The van der Waals surface area contributed by atoms with Crippen molar-refractivity contribution in [3.05, 3.63) is 30.1 Å². The lowest BCUT2D eigenvalue weighted by molar-refractivity contribution is -0.147. The van der Waals surface area contributed by atoms with Crippen molar-refractivity contribution in [1.29, 1.82) is 0 Å². The molecule has 4 aliphatic rings. The van der Waals surface area contributed by atoms with Gasteiger partial charge in [-0.25, -0.2) is 0 Å². The summed E-state index contributed by atoms with van der Waals surface area (Å²) in [7, 11) is 0. The molecule has 0 unspecified atom stereocenters. The second-order valence-corrected chi connectivity index (χ2v) is 9.09. The number of hydrogen-bond donors (Lipinski definition) is 1. The number of carbonyl (C=O) groups is 1. The monoisotopic (exact) mass is 356 g/mol. The summed E-state index contributed by atoms with van der Waals surface area (Å²) < 4.78 is 11.8. The third kappa shape index (κ3) is 2.67. The Kier molecular flexibility index (Phi) is 3.87. The van der Waals surface area contributed by atoms with Crippen molar-refractivity contribution in [2.45, 2.75) is 57.3 Å². The number of nitrogens with one attached hydrogen (secondary N) is 1. The number of epoxide rings is 1. The molecule has 26 heavy (non-hydrogen) atoms. The molecule has 3 heterocycles. The Bertz CT molecular complexity index is 690. The standard InChI is InChI=1S/C21H28N2O3/c1-20-5-3-6-21(13-25-21)18(20)8-15-16(19(24)26-17(15)9-20)12-23-11-14-4-2-7-22-10-14/h2,4,7,10,15-18,23H,3,5-6,8-9,11-13H2,1H3/t15-,16+,17-,18+,20-,21+/m1/s1. The molecular formula is C21H28N2O3. The van der Waals surface area contributed by atoms with Crippen LogP contribution in [0.15, 0.2) is 24.5 Å². The van der Waals surface area contributed by atoms with Crippen molar-refractivity contribution in [3.63, 3.8) is 0 Å². The van der Waals surface area contributed by atoms with E-state index in [1.807, 2.05) is 12.3 Å². The molecule has 5 rings (SSSR count). The first-order chi connectivity index (χ1) is 12.6. The first kappa shape index (κ1) is 16.7. The normalized spacial score (nSPS) is 43.7. The van der Waals surface area contributed by atoms with Gasteiger partial charge in [-0.15, -0.1) is 0 Å². The highest BCUT2D eigenvalue weighted by atomic mass is 16.6. The van der Waals surface area contributed by atoms with Gasteiger partial charge in [-0.05, 0) is 55.1 Å². The van der Waals surface area contributed by atoms with Gasteiger partial charge in [0.1, 0.15) is 6.10 Å². The number of rotatable bonds is 4. The smallest absolute Gasteiger partial charge is 0.310 e. The fraction of sp³-hybridized carbons (Fsp3) is 0.714. The molecule has 2 aliphatic heterocycles. The van der Waals surface area contributed by atoms with Gasteiger partial charge in [0, 0.05) is 31.4 Å². The summed E-state index contributed by atoms with van der Waals surface area (Å²) in [5.74, 6) is 0.882. The molecular weight excluding hydrogens is 328 g/mol. The summed E-state index contributed by atoms with van der Waals surface area (Å²) in [4.78, 5) is 16.7. The Morgan fingerprint density at radius 2 is 2.27 bits per heavy atom. The van der Waals surface area contributed by atoms with E-state index in [0.717, 1.165) is 31.6 Å². The van der Waals surface area contributed by atoms with E-state index in [2.05, 4.69) is 23.3 Å². The fourth-order valence-corrected chi connectivity index (χ4v) is 6.06. The molecule has 0 radical (unpaired) electrons. The van der Waals surface area contributed by atoms with Crippen LogP contribution in [-0.2, 0) is 20.8 Å². The van der Waals surface area contributed by atoms with E-state index in [0.29, 0.717) is 18.4 Å². The minimum absolute atomic E-state index is 0.00769. The maximum absolute atomic E-state index is 12.6. The zero-order valence-electron chi connectivity index (χ0n) is 15.4. The molecule has 6 atom stereocenters. The highest BCUT2D eigenvalue weighted by Gasteiger charge is 2.64. The Labute approximate surface area is 154 Å². The van der Waals surface area contributed by atoms with Gasteiger partial charge < -0.3 is 14.8 Å². The second-order valence-electron chi connectivity index (χ2n) is 9.09. The average molecular weight is 356 g/mol. The van der Waals surface area contributed by atoms with Crippen LogP contribution in [0.1, 0.15) is 44.6 Å². The van der Waals surface area contributed by atoms with Crippen LogP contribution in [0.2, 0.25) is 0 Å². The molecule has 4 fully saturated rings. The summed E-state index contributed by atoms with van der Waals surface area (Å²) in [5, 5.41) is 3.45. The summed E-state index contributed by atoms with van der Waals surface area (Å²) in [5.41, 5.74) is 1.54. The van der Waals surface area contributed by atoms with Crippen LogP contribution >= 0.6 is 0 Å². The van der Waals surface area contributed by atoms with Gasteiger partial charge in [-0.1, -0.05) is 13.0 Å². The second kappa shape index (κ2) is 6.03. The molecule has 2 saturated heterocycles. The number of carbonyl (C=O) groups excluding carboxylic acids is 1. The zero-order chi connectivity index (χ0) is 17.8. The first-order valence-electron chi connectivity index (χ1n) is 10.0. The van der Waals surface area contributed by atoms with Crippen LogP contribution in [0.25, 0.3) is 0 Å². The first-order valence-corrected chi connectivity index (χ1v) is 10.0. The Hall–Kier alpha value is -1.46. The lowest BCUT2D eigenvalue weighted by atomic mass is 9.53. The molecule has 140 valence electrons. The summed E-state index contributed by atoms with van der Waals surface area (Å²) >= 11 is 0. The van der Waals surface area contributed by atoms with Gasteiger partial charge in [0.2, 0.25) is 0 Å². The van der Waals surface area contributed by atoms with Gasteiger partial charge in [0.25, 0.3) is 0 Å². The summed E-state index contributed by atoms with van der Waals surface area (Å²) in [6, 6.07) is 4.00. The number of ether oxygens (including phenoxy) is 2. The van der Waals surface area contributed by atoms with Crippen molar-refractivity contribution in [2.75, 3.05) is 13.2 Å². The molecule has 2 aliphatic carbocycles. The number of esters is 1. The lowest BCUT2D eigenvalue weighted by Crippen LogP contribution is -2.51. The maximum atomic E-state index is 12.6. The van der Waals surface area contributed by atoms with E-state index >= 15 is 0 Å². The topological polar surface area (TPSA) is 63.8 Å². The highest BCUT2D eigenvalue weighted by Crippen LogP contribution is 2.62. The van der Waals surface area contributed by atoms with Crippen molar-refractivity contribution < 1.29 is 14.3 Å². The molecule has 0 bridgehead atoms. The lowest BCUT2D eigenvalue weighted by Gasteiger charge is -2.51. The maximum Gasteiger partial charge on any atom is 0.310 e. The molecule has 0 amide bonds. The molecule has 2 saturated carbocycles. The number of fused-ring (bicyclic) bond motifs is 3. The van der Waals surface area contributed by atoms with Crippen molar-refractivity contribution in [1.82, 2.24) is 10.3 Å². The quantitative estimate of drug-likeness (QED) is 0.664. The van der Waals surface area contributed by atoms with E-state index in [4.69, 9.17) is 9.47 Å². The average Bonchev–Trinajstić information content (AvgIpc) is 3.33. The minimum atomic E-state index is -0.0288. The van der Waals surface area contributed by atoms with E-state index in [1.54, 1.807) is 6.20 Å². The van der Waals surface area contributed by atoms with Crippen LogP contribution in [0, 0.1) is 23.2 Å². The van der Waals surface area contributed by atoms with E-state index < -0.39 is 0 Å². The molecule has 1 spiro atoms. The Morgan fingerprint density at radius 1 is 1.38 bits per heavy atom. The Balaban J connectivity index is 1.28. The van der Waals surface area contributed by atoms with Crippen molar-refractivity contribution >= 4 is 5.97 Å². The van der Waals surface area contributed by atoms with Gasteiger partial charge in [-0.3, -0.25) is 9.78 Å². The molecule has 1 aromatic heterocycles. The summed E-state index contributed by atoms with van der Waals surface area (Å²) in [6.45, 7) is 4.75. The van der Waals surface area contributed by atoms with Crippen molar-refractivity contribution in [3.8, 4) is 0 Å². The van der Waals surface area contributed by atoms with E-state index in [-0.39, 0.29) is 29.0 Å². The molecule has 0 aromatic carbocycles. The minimum Gasteiger partial charge on any atom is -0.462 e. The predicted octanol–water partition coefficient (Wildman–Crippen LogP) is 2.70. The third-order valence-electron chi connectivity index (χ3n) is 7.50. The number of nitrogens with zero attached hydrogens (tertiary/aromatic N) is 1. The Morgan fingerprint density at radius 3 is 3.04 bits per heavy atom. The van der Waals surface area contributed by atoms with Crippen LogP contribution in [0.5, 0.6) is 0 Å². The van der Waals surface area contributed by atoms with Crippen molar-refractivity contribution in [2.24, 2.45) is 23.2 Å². The highest BCUT2D eigenvalue weighted by molar-refractivity contribution is 5.75. The van der Waals surface area contributed by atoms with Gasteiger partial charge >= 0.3 is 5.97 Å². The van der Waals surface area contributed by atoms with Gasteiger partial charge in [-0.2, -0.15) is 0 Å². The molecule has 1 N–H and O–H groups in total. The van der Waals surface area contributed by atoms with Crippen LogP contribution < -0.4 is 5.32 Å². The van der Waals surface area contributed by atoms with E-state index in [1.165, 1.54) is 19.3 Å².